The van der Waals surface area contributed by atoms with E-state index in [0.717, 1.165) is 11.3 Å². The van der Waals surface area contributed by atoms with Gasteiger partial charge in [-0.05, 0) is 12.8 Å². The van der Waals surface area contributed by atoms with Crippen LogP contribution in [-0.4, -0.2) is 49.3 Å². The molecule has 0 aromatic heterocycles. The number of carboxylic acid groups (broad SMARTS) is 1. The third-order valence-electron chi connectivity index (χ3n) is 2.46. The lowest BCUT2D eigenvalue weighted by Crippen LogP contribution is -2.51. The number of rotatable bonds is 4. The van der Waals surface area contributed by atoms with Crippen LogP contribution in [0.25, 0.3) is 0 Å². The maximum atomic E-state index is 11.1. The van der Waals surface area contributed by atoms with Gasteiger partial charge in [-0.3, -0.25) is 9.59 Å². The Morgan fingerprint density at radius 1 is 1.47 bits per heavy atom. The summed E-state index contributed by atoms with van der Waals surface area (Å²) >= 11 is 0. The zero-order valence-corrected chi connectivity index (χ0v) is 10.0. The van der Waals surface area contributed by atoms with E-state index in [1.807, 2.05) is 0 Å². The van der Waals surface area contributed by atoms with Gasteiger partial charge in [0.05, 0.1) is 12.2 Å². The Balaban J connectivity index is 2.80. The number of aliphatic carboxylic acids is 1. The molecule has 1 aliphatic rings. The molecule has 1 rings (SSSR count). The van der Waals surface area contributed by atoms with Crippen LogP contribution in [0.15, 0.2) is 0 Å². The maximum absolute atomic E-state index is 11.1. The minimum atomic E-state index is -3.76. The molecular weight excluding hydrogens is 252 g/mol. The molecule has 0 radical (unpaired) electrons. The molecule has 3 N–H and O–H groups in total. The summed E-state index contributed by atoms with van der Waals surface area (Å²) in [7, 11) is -3.76. The van der Waals surface area contributed by atoms with Crippen LogP contribution in [0.3, 0.4) is 0 Å². The fourth-order valence-electron chi connectivity index (χ4n) is 1.69. The van der Waals surface area contributed by atoms with Gasteiger partial charge in [0.2, 0.25) is 5.91 Å². The third kappa shape index (κ3) is 3.95. The fourth-order valence-corrected chi connectivity index (χ4v) is 2.22. The Labute approximate surface area is 98.4 Å². The highest BCUT2D eigenvalue weighted by Crippen LogP contribution is 2.24. The summed E-state index contributed by atoms with van der Waals surface area (Å²) in [6.07, 6.45) is 0.989. The first-order valence-electron chi connectivity index (χ1n) is 4.89. The first kappa shape index (κ1) is 13.9. The standard InChI is InChI=1S/C8H14N2O6S/c1-17(14,15)16-10-3-2-5(8(12)13)4-6(10)7(9)11/h5-6H,2-4H2,1H3,(H2,9,11)(H,12,13). The molecule has 0 spiro atoms. The van der Waals surface area contributed by atoms with E-state index in [0.29, 0.717) is 0 Å². The zero-order valence-electron chi connectivity index (χ0n) is 9.20. The Morgan fingerprint density at radius 3 is 2.47 bits per heavy atom. The van der Waals surface area contributed by atoms with Crippen molar-refractivity contribution in [3.05, 3.63) is 0 Å². The number of amides is 1. The van der Waals surface area contributed by atoms with Crippen molar-refractivity contribution in [2.24, 2.45) is 11.7 Å². The SMILES string of the molecule is CS(=O)(=O)ON1CCC(C(=O)O)CC1C(N)=O. The summed E-state index contributed by atoms with van der Waals surface area (Å²) in [5.41, 5.74) is 5.09. The molecule has 0 bridgehead atoms. The topological polar surface area (TPSA) is 127 Å². The van der Waals surface area contributed by atoms with Gasteiger partial charge in [-0.25, -0.2) is 0 Å². The summed E-state index contributed by atoms with van der Waals surface area (Å²) < 4.78 is 26.5. The van der Waals surface area contributed by atoms with Crippen molar-refractivity contribution in [1.29, 1.82) is 0 Å². The molecule has 98 valence electrons. The van der Waals surface area contributed by atoms with Crippen molar-refractivity contribution in [2.75, 3.05) is 12.8 Å². The summed E-state index contributed by atoms with van der Waals surface area (Å²) in [5.74, 6) is -2.55. The normalized spacial score (nSPS) is 26.6. The summed E-state index contributed by atoms with van der Waals surface area (Å²) in [5, 5.41) is 9.75. The van der Waals surface area contributed by atoms with Crippen molar-refractivity contribution in [1.82, 2.24) is 5.06 Å². The van der Waals surface area contributed by atoms with Gasteiger partial charge in [-0.1, -0.05) is 0 Å². The van der Waals surface area contributed by atoms with Gasteiger partial charge in [0.1, 0.15) is 6.04 Å². The van der Waals surface area contributed by atoms with E-state index < -0.39 is 34.0 Å². The van der Waals surface area contributed by atoms with Crippen molar-refractivity contribution in [3.8, 4) is 0 Å². The van der Waals surface area contributed by atoms with E-state index in [-0.39, 0.29) is 19.4 Å². The predicted molar refractivity (Wildman–Crippen MR) is 56.0 cm³/mol. The first-order chi connectivity index (χ1) is 7.70. The molecule has 17 heavy (non-hydrogen) atoms. The van der Waals surface area contributed by atoms with Gasteiger partial charge in [0.25, 0.3) is 10.1 Å². The quantitative estimate of drug-likeness (QED) is 0.635. The molecule has 0 aliphatic carbocycles. The smallest absolute Gasteiger partial charge is 0.306 e. The van der Waals surface area contributed by atoms with Gasteiger partial charge in [-0.15, -0.1) is 0 Å². The van der Waals surface area contributed by atoms with Gasteiger partial charge in [-0.2, -0.15) is 17.8 Å². The van der Waals surface area contributed by atoms with E-state index in [2.05, 4.69) is 4.28 Å². The van der Waals surface area contributed by atoms with E-state index >= 15 is 0 Å². The minimum absolute atomic E-state index is 0.0254. The van der Waals surface area contributed by atoms with E-state index in [1.54, 1.807) is 0 Å². The van der Waals surface area contributed by atoms with Gasteiger partial charge >= 0.3 is 5.97 Å². The maximum Gasteiger partial charge on any atom is 0.306 e. The minimum Gasteiger partial charge on any atom is -0.481 e. The average Bonchev–Trinajstić information content (AvgIpc) is 2.14. The second-order valence-corrected chi connectivity index (χ2v) is 5.45. The Bertz CT molecular complexity index is 420. The number of piperidine rings is 1. The Morgan fingerprint density at radius 2 is 2.06 bits per heavy atom. The lowest BCUT2D eigenvalue weighted by atomic mass is 9.92. The summed E-state index contributed by atoms with van der Waals surface area (Å²) in [6.45, 7) is 0.0254. The summed E-state index contributed by atoms with van der Waals surface area (Å²) in [4.78, 5) is 21.9. The molecule has 1 saturated heterocycles. The van der Waals surface area contributed by atoms with E-state index in [4.69, 9.17) is 10.8 Å². The van der Waals surface area contributed by atoms with Crippen molar-refractivity contribution in [3.63, 3.8) is 0 Å². The average molecular weight is 266 g/mol. The summed E-state index contributed by atoms with van der Waals surface area (Å²) in [6, 6.07) is -1.04. The van der Waals surface area contributed by atoms with Crippen LogP contribution >= 0.6 is 0 Å². The van der Waals surface area contributed by atoms with Crippen molar-refractivity contribution >= 4 is 22.0 Å². The highest BCUT2D eigenvalue weighted by molar-refractivity contribution is 7.85. The van der Waals surface area contributed by atoms with Crippen molar-refractivity contribution < 1.29 is 27.4 Å². The first-order valence-corrected chi connectivity index (χ1v) is 6.70. The molecule has 1 fully saturated rings. The Kier molecular flexibility index (Phi) is 4.07. The van der Waals surface area contributed by atoms with Crippen LogP contribution in [-0.2, 0) is 24.0 Å². The molecule has 1 aliphatic heterocycles. The Hall–Kier alpha value is -1.19. The molecule has 2 atom stereocenters. The van der Waals surface area contributed by atoms with Gasteiger partial charge in [0, 0.05) is 6.54 Å². The molecule has 1 heterocycles. The lowest BCUT2D eigenvalue weighted by molar-refractivity contribution is -0.159. The van der Waals surface area contributed by atoms with Crippen LogP contribution in [0.5, 0.6) is 0 Å². The molecule has 2 unspecified atom stereocenters. The number of primary amides is 1. The molecular formula is C8H14N2O6S. The van der Waals surface area contributed by atoms with Crippen LogP contribution in [0, 0.1) is 5.92 Å². The second kappa shape index (κ2) is 4.98. The molecule has 9 heteroatoms. The number of nitrogens with zero attached hydrogens (tertiary/aromatic N) is 1. The third-order valence-corrected chi connectivity index (χ3v) is 2.92. The van der Waals surface area contributed by atoms with Crippen LogP contribution in [0.4, 0.5) is 0 Å². The number of carbonyl (C=O) groups excluding carboxylic acids is 1. The highest BCUT2D eigenvalue weighted by atomic mass is 32.2. The zero-order chi connectivity index (χ0) is 13.2. The number of hydrogen-bond donors (Lipinski definition) is 2. The lowest BCUT2D eigenvalue weighted by Gasteiger charge is -2.33. The van der Waals surface area contributed by atoms with Crippen molar-refractivity contribution in [2.45, 2.75) is 18.9 Å². The van der Waals surface area contributed by atoms with Gasteiger partial charge in [0.15, 0.2) is 0 Å². The monoisotopic (exact) mass is 266 g/mol. The van der Waals surface area contributed by atoms with Crippen LogP contribution in [0.2, 0.25) is 0 Å². The van der Waals surface area contributed by atoms with Gasteiger partial charge < -0.3 is 10.8 Å². The highest BCUT2D eigenvalue weighted by Gasteiger charge is 2.37. The number of hydroxylamine groups is 2. The number of carbonyl (C=O) groups is 2. The predicted octanol–water partition coefficient (Wildman–Crippen LogP) is -1.47. The number of hydrogen-bond acceptors (Lipinski definition) is 6. The van der Waals surface area contributed by atoms with E-state index in [1.165, 1.54) is 0 Å². The second-order valence-electron chi connectivity index (χ2n) is 3.90. The van der Waals surface area contributed by atoms with Crippen LogP contribution in [0.1, 0.15) is 12.8 Å². The van der Waals surface area contributed by atoms with Crippen LogP contribution < -0.4 is 5.73 Å². The number of carboxylic acids is 1. The fraction of sp³-hybridized carbons (Fsp3) is 0.750. The molecule has 1 amide bonds. The molecule has 0 saturated carbocycles. The largest absolute Gasteiger partial charge is 0.481 e. The van der Waals surface area contributed by atoms with E-state index in [9.17, 15) is 18.0 Å². The number of nitrogens with two attached hydrogens (primary N) is 1. The molecule has 0 aromatic carbocycles. The molecule has 0 aromatic rings. The molecule has 8 nitrogen and oxygen atoms in total.